The van der Waals surface area contributed by atoms with Crippen molar-refractivity contribution in [2.75, 3.05) is 11.9 Å². The molecule has 0 spiro atoms. The second-order valence-electron chi connectivity index (χ2n) is 7.99. The van der Waals surface area contributed by atoms with E-state index in [-0.39, 0.29) is 12.5 Å². The second kappa shape index (κ2) is 8.60. The molecule has 0 fully saturated rings. The second-order valence-corrected chi connectivity index (χ2v) is 8.40. The Morgan fingerprint density at radius 3 is 2.67 bits per heavy atom. The Balaban J connectivity index is 1.32. The van der Waals surface area contributed by atoms with E-state index in [1.165, 1.54) is 0 Å². The largest absolute Gasteiger partial charge is 0.484 e. The van der Waals surface area contributed by atoms with Crippen LogP contribution in [-0.2, 0) is 4.79 Å². The SMILES string of the molecule is Cc1cc(C)c2oc(-c3ccc(Cl)c(NC(=O)COc4ccc5ccccc5c4)c3)nc2c1. The van der Waals surface area contributed by atoms with Crippen LogP contribution in [0.2, 0.25) is 5.02 Å². The third-order valence-electron chi connectivity index (χ3n) is 5.40. The molecule has 0 bridgehead atoms. The molecule has 33 heavy (non-hydrogen) atoms. The number of hydrogen-bond acceptors (Lipinski definition) is 4. The van der Waals surface area contributed by atoms with E-state index >= 15 is 0 Å². The molecule has 5 aromatic rings. The normalized spacial score (nSPS) is 11.1. The van der Waals surface area contributed by atoms with Gasteiger partial charge in [0, 0.05) is 5.56 Å². The van der Waals surface area contributed by atoms with E-state index in [0.717, 1.165) is 38.6 Å². The molecule has 0 unspecified atom stereocenters. The highest BCUT2D eigenvalue weighted by atomic mass is 35.5. The Hall–Kier alpha value is -3.83. The van der Waals surface area contributed by atoms with Gasteiger partial charge in [0.2, 0.25) is 5.89 Å². The molecule has 6 heteroatoms. The lowest BCUT2D eigenvalue weighted by Crippen LogP contribution is -2.20. The summed E-state index contributed by atoms with van der Waals surface area (Å²) in [5.74, 6) is 0.783. The fourth-order valence-electron chi connectivity index (χ4n) is 3.85. The minimum Gasteiger partial charge on any atom is -0.484 e. The van der Waals surface area contributed by atoms with Crippen LogP contribution in [0.5, 0.6) is 5.75 Å². The monoisotopic (exact) mass is 456 g/mol. The van der Waals surface area contributed by atoms with Crippen molar-refractivity contribution in [3.05, 3.63) is 88.9 Å². The summed E-state index contributed by atoms with van der Waals surface area (Å²) < 4.78 is 11.7. The van der Waals surface area contributed by atoms with Crippen LogP contribution in [0, 0.1) is 13.8 Å². The van der Waals surface area contributed by atoms with E-state index < -0.39 is 0 Å². The molecular weight excluding hydrogens is 436 g/mol. The first-order valence-electron chi connectivity index (χ1n) is 10.6. The highest BCUT2D eigenvalue weighted by Crippen LogP contribution is 2.32. The molecule has 0 aliphatic heterocycles. The van der Waals surface area contributed by atoms with Crippen LogP contribution in [0.3, 0.4) is 0 Å². The van der Waals surface area contributed by atoms with Crippen LogP contribution in [0.25, 0.3) is 33.3 Å². The third-order valence-corrected chi connectivity index (χ3v) is 5.73. The number of rotatable bonds is 5. The number of halogens is 1. The number of amides is 1. The van der Waals surface area contributed by atoms with Gasteiger partial charge < -0.3 is 14.5 Å². The van der Waals surface area contributed by atoms with Crippen molar-refractivity contribution in [2.45, 2.75) is 13.8 Å². The van der Waals surface area contributed by atoms with Crippen molar-refractivity contribution in [2.24, 2.45) is 0 Å². The molecule has 1 N–H and O–H groups in total. The van der Waals surface area contributed by atoms with Gasteiger partial charge in [-0.1, -0.05) is 48.0 Å². The number of aromatic nitrogens is 1. The zero-order chi connectivity index (χ0) is 22.9. The van der Waals surface area contributed by atoms with Crippen molar-refractivity contribution in [1.29, 1.82) is 0 Å². The Labute approximate surface area is 196 Å². The third kappa shape index (κ3) is 4.41. The summed E-state index contributed by atoms with van der Waals surface area (Å²) in [5.41, 5.74) is 4.88. The van der Waals surface area contributed by atoms with Gasteiger partial charge in [0.15, 0.2) is 12.2 Å². The van der Waals surface area contributed by atoms with E-state index in [1.54, 1.807) is 12.1 Å². The summed E-state index contributed by atoms with van der Waals surface area (Å²) in [5, 5.41) is 5.40. The number of ether oxygens (including phenoxy) is 1. The predicted molar refractivity (Wildman–Crippen MR) is 132 cm³/mol. The molecule has 0 aliphatic carbocycles. The van der Waals surface area contributed by atoms with Crippen LogP contribution in [0.15, 0.2) is 77.2 Å². The standard InChI is InChI=1S/C27H21ClN2O3/c1-16-11-17(2)26-24(12-16)30-27(33-26)20-8-10-22(28)23(14-20)29-25(31)15-32-21-9-7-18-5-3-4-6-19(18)13-21/h3-14H,15H2,1-2H3,(H,29,31). The van der Waals surface area contributed by atoms with Crippen LogP contribution in [0.1, 0.15) is 11.1 Å². The Morgan fingerprint density at radius 1 is 1.00 bits per heavy atom. The van der Waals surface area contributed by atoms with Gasteiger partial charge in [0.25, 0.3) is 5.91 Å². The number of nitrogens with zero attached hydrogens (tertiary/aromatic N) is 1. The van der Waals surface area contributed by atoms with Crippen LogP contribution in [0.4, 0.5) is 5.69 Å². The highest BCUT2D eigenvalue weighted by molar-refractivity contribution is 6.33. The number of carbonyl (C=O) groups is 1. The fourth-order valence-corrected chi connectivity index (χ4v) is 4.01. The van der Waals surface area contributed by atoms with E-state index in [1.807, 2.05) is 68.4 Å². The number of carbonyl (C=O) groups excluding carboxylic acids is 1. The predicted octanol–water partition coefficient (Wildman–Crippen LogP) is 6.94. The maximum absolute atomic E-state index is 12.5. The molecule has 164 valence electrons. The molecule has 0 saturated heterocycles. The average molecular weight is 457 g/mol. The molecule has 5 rings (SSSR count). The van der Waals surface area contributed by atoms with Crippen LogP contribution >= 0.6 is 11.6 Å². The zero-order valence-electron chi connectivity index (χ0n) is 18.2. The topological polar surface area (TPSA) is 64.4 Å². The number of fused-ring (bicyclic) bond motifs is 2. The number of nitrogens with one attached hydrogen (secondary N) is 1. The number of oxazole rings is 1. The van der Waals surface area contributed by atoms with Crippen molar-refractivity contribution in [3.63, 3.8) is 0 Å². The summed E-state index contributed by atoms with van der Waals surface area (Å²) in [4.78, 5) is 17.1. The summed E-state index contributed by atoms with van der Waals surface area (Å²) >= 11 is 6.33. The number of benzene rings is 4. The molecule has 0 saturated carbocycles. The van der Waals surface area contributed by atoms with Gasteiger partial charge in [-0.25, -0.2) is 4.98 Å². The maximum Gasteiger partial charge on any atom is 0.262 e. The summed E-state index contributed by atoms with van der Waals surface area (Å²) in [6.07, 6.45) is 0. The maximum atomic E-state index is 12.5. The lowest BCUT2D eigenvalue weighted by Gasteiger charge is -2.10. The van der Waals surface area contributed by atoms with Gasteiger partial charge in [-0.05, 0) is 72.1 Å². The fraction of sp³-hybridized carbons (Fsp3) is 0.111. The van der Waals surface area contributed by atoms with E-state index in [2.05, 4.69) is 16.4 Å². The van der Waals surface area contributed by atoms with E-state index in [0.29, 0.717) is 22.4 Å². The van der Waals surface area contributed by atoms with Gasteiger partial charge in [-0.15, -0.1) is 0 Å². The Kier molecular flexibility index (Phi) is 5.48. The van der Waals surface area contributed by atoms with Gasteiger partial charge in [0.1, 0.15) is 11.3 Å². The van der Waals surface area contributed by atoms with Gasteiger partial charge in [-0.3, -0.25) is 4.79 Å². The molecule has 5 nitrogen and oxygen atoms in total. The lowest BCUT2D eigenvalue weighted by molar-refractivity contribution is -0.118. The zero-order valence-corrected chi connectivity index (χ0v) is 18.9. The number of hydrogen-bond donors (Lipinski definition) is 1. The quantitative estimate of drug-likeness (QED) is 0.311. The molecule has 4 aromatic carbocycles. The number of aryl methyl sites for hydroxylation is 2. The van der Waals surface area contributed by atoms with Crippen molar-refractivity contribution < 1.29 is 13.9 Å². The molecule has 1 aromatic heterocycles. The number of anilines is 1. The molecule has 0 atom stereocenters. The minimum absolute atomic E-state index is 0.139. The van der Waals surface area contributed by atoms with Gasteiger partial charge in [0.05, 0.1) is 10.7 Å². The summed E-state index contributed by atoms with van der Waals surface area (Å²) in [6.45, 7) is 3.88. The smallest absolute Gasteiger partial charge is 0.262 e. The van der Waals surface area contributed by atoms with Crippen molar-refractivity contribution in [3.8, 4) is 17.2 Å². The first kappa shape index (κ1) is 21.0. The Bertz CT molecular complexity index is 1510. The summed E-state index contributed by atoms with van der Waals surface area (Å²) in [6, 6.07) is 23.0. The van der Waals surface area contributed by atoms with Gasteiger partial charge >= 0.3 is 0 Å². The summed E-state index contributed by atoms with van der Waals surface area (Å²) in [7, 11) is 0. The van der Waals surface area contributed by atoms with Gasteiger partial charge in [-0.2, -0.15) is 0 Å². The van der Waals surface area contributed by atoms with E-state index in [9.17, 15) is 4.79 Å². The molecule has 0 aliphatic rings. The first-order valence-corrected chi connectivity index (χ1v) is 10.9. The highest BCUT2D eigenvalue weighted by Gasteiger charge is 2.14. The van der Waals surface area contributed by atoms with Crippen LogP contribution < -0.4 is 10.1 Å². The molecule has 1 amide bonds. The Morgan fingerprint density at radius 2 is 1.82 bits per heavy atom. The van der Waals surface area contributed by atoms with E-state index in [4.69, 9.17) is 20.8 Å². The lowest BCUT2D eigenvalue weighted by atomic mass is 10.1. The first-order chi connectivity index (χ1) is 16.0. The average Bonchev–Trinajstić information content (AvgIpc) is 3.23. The molecule has 1 heterocycles. The minimum atomic E-state index is -0.314. The molecular formula is C27H21ClN2O3. The van der Waals surface area contributed by atoms with Crippen molar-refractivity contribution in [1.82, 2.24) is 4.98 Å². The van der Waals surface area contributed by atoms with Crippen molar-refractivity contribution >= 4 is 45.1 Å². The molecule has 0 radical (unpaired) electrons. The van der Waals surface area contributed by atoms with Crippen LogP contribution in [-0.4, -0.2) is 17.5 Å².